The lowest BCUT2D eigenvalue weighted by molar-refractivity contribution is 0.0993. The van der Waals surface area contributed by atoms with Crippen molar-refractivity contribution in [3.05, 3.63) is 53.8 Å². The van der Waals surface area contributed by atoms with Gasteiger partial charge in [-0.15, -0.1) is 0 Å². The number of carbonyl (C=O) groups excluding carboxylic acids is 1. The van der Waals surface area contributed by atoms with Crippen LogP contribution in [0.3, 0.4) is 0 Å². The van der Waals surface area contributed by atoms with E-state index in [1.54, 1.807) is 25.2 Å². The molecule has 0 fully saturated rings. The Morgan fingerprint density at radius 2 is 1.86 bits per heavy atom. The van der Waals surface area contributed by atoms with E-state index in [0.717, 1.165) is 24.5 Å². The van der Waals surface area contributed by atoms with E-state index < -0.39 is 0 Å². The van der Waals surface area contributed by atoms with Crippen molar-refractivity contribution >= 4 is 23.0 Å². The molecule has 1 amide bonds. The Labute approximate surface area is 122 Å². The molecule has 1 heterocycles. The first-order valence-corrected chi connectivity index (χ1v) is 6.80. The minimum Gasteiger partial charge on any atom is -0.382 e. The fourth-order valence-corrected chi connectivity index (χ4v) is 2.37. The Balaban J connectivity index is 1.88. The lowest BCUT2D eigenvalue weighted by atomic mass is 10.1. The largest absolute Gasteiger partial charge is 0.382 e. The summed E-state index contributed by atoms with van der Waals surface area (Å²) in [5.74, 6) is -0.528. The van der Waals surface area contributed by atoms with Crippen LogP contribution < -0.4 is 15.5 Å². The maximum absolute atomic E-state index is 13.3. The maximum atomic E-state index is 13.3. The zero-order chi connectivity index (χ0) is 14.8. The van der Waals surface area contributed by atoms with Crippen molar-refractivity contribution in [3.63, 3.8) is 0 Å². The predicted molar refractivity (Wildman–Crippen MR) is 82.6 cm³/mol. The predicted octanol–water partition coefficient (Wildman–Crippen LogP) is 2.94. The minimum atomic E-state index is -0.358. The molecule has 108 valence electrons. The minimum absolute atomic E-state index is 0.171. The van der Waals surface area contributed by atoms with E-state index in [1.165, 1.54) is 17.0 Å². The molecule has 0 atom stereocenters. The zero-order valence-electron chi connectivity index (χ0n) is 11.7. The zero-order valence-corrected chi connectivity index (χ0v) is 11.7. The Hall–Kier alpha value is -2.56. The summed E-state index contributed by atoms with van der Waals surface area (Å²) >= 11 is 0. The lowest BCUT2D eigenvalue weighted by Gasteiger charge is -2.22. The van der Waals surface area contributed by atoms with Gasteiger partial charge < -0.3 is 15.5 Å². The smallest absolute Gasteiger partial charge is 0.258 e. The van der Waals surface area contributed by atoms with Gasteiger partial charge in [0.1, 0.15) is 5.82 Å². The highest BCUT2D eigenvalue weighted by Crippen LogP contribution is 2.26. The highest BCUT2D eigenvalue weighted by molar-refractivity contribution is 6.06. The van der Waals surface area contributed by atoms with Gasteiger partial charge in [0.2, 0.25) is 0 Å². The molecule has 0 unspecified atom stereocenters. The Bertz CT molecular complexity index is 687. The number of carbonyl (C=O) groups is 1. The van der Waals surface area contributed by atoms with Crippen LogP contribution in [0.5, 0.6) is 0 Å². The van der Waals surface area contributed by atoms with Crippen molar-refractivity contribution in [2.45, 2.75) is 0 Å². The van der Waals surface area contributed by atoms with Gasteiger partial charge in [0.15, 0.2) is 0 Å². The molecule has 1 aliphatic heterocycles. The van der Waals surface area contributed by atoms with Crippen LogP contribution in [-0.4, -0.2) is 26.0 Å². The first kappa shape index (κ1) is 13.4. The average Bonchev–Trinajstić information content (AvgIpc) is 2.53. The number of hydrogen-bond acceptors (Lipinski definition) is 3. The second kappa shape index (κ2) is 5.44. The monoisotopic (exact) mass is 285 g/mol. The molecule has 3 rings (SSSR count). The number of nitrogens with one attached hydrogen (secondary N) is 2. The van der Waals surface area contributed by atoms with Crippen LogP contribution in [0.25, 0.3) is 0 Å². The number of fused-ring (bicyclic) bond motifs is 1. The molecule has 0 aromatic heterocycles. The van der Waals surface area contributed by atoms with Gasteiger partial charge in [0.25, 0.3) is 5.91 Å². The molecule has 21 heavy (non-hydrogen) atoms. The van der Waals surface area contributed by atoms with Crippen molar-refractivity contribution in [1.82, 2.24) is 0 Å². The van der Waals surface area contributed by atoms with Gasteiger partial charge in [-0.25, -0.2) is 4.39 Å². The molecule has 0 spiro atoms. The number of benzene rings is 2. The van der Waals surface area contributed by atoms with Gasteiger partial charge in [-0.05, 0) is 36.4 Å². The van der Waals surface area contributed by atoms with Crippen LogP contribution in [0.15, 0.2) is 42.5 Å². The molecule has 5 heteroatoms. The normalized spacial score (nSPS) is 12.9. The van der Waals surface area contributed by atoms with E-state index in [2.05, 4.69) is 10.6 Å². The lowest BCUT2D eigenvalue weighted by Crippen LogP contribution is -2.27. The second-order valence-corrected chi connectivity index (χ2v) is 4.96. The fourth-order valence-electron chi connectivity index (χ4n) is 2.37. The number of halogens is 1. The summed E-state index contributed by atoms with van der Waals surface area (Å²) in [6.07, 6.45) is 0. The maximum Gasteiger partial charge on any atom is 0.258 e. The third-order valence-corrected chi connectivity index (χ3v) is 3.52. The van der Waals surface area contributed by atoms with Crippen LogP contribution in [0, 0.1) is 5.82 Å². The first-order chi connectivity index (χ1) is 10.1. The third kappa shape index (κ3) is 2.67. The molecule has 2 aromatic carbocycles. The van der Waals surface area contributed by atoms with Crippen LogP contribution >= 0.6 is 0 Å². The number of anilines is 3. The Kier molecular flexibility index (Phi) is 3.48. The summed E-state index contributed by atoms with van der Waals surface area (Å²) in [6, 6.07) is 11.5. The van der Waals surface area contributed by atoms with Crippen molar-refractivity contribution in [2.75, 3.05) is 35.7 Å². The average molecular weight is 285 g/mol. The molecule has 2 N–H and O–H groups in total. The highest BCUT2D eigenvalue weighted by atomic mass is 19.1. The van der Waals surface area contributed by atoms with E-state index in [4.69, 9.17) is 0 Å². The van der Waals surface area contributed by atoms with E-state index in [1.807, 2.05) is 12.1 Å². The molecule has 0 saturated heterocycles. The van der Waals surface area contributed by atoms with Crippen LogP contribution in [-0.2, 0) is 0 Å². The number of amides is 1. The Morgan fingerprint density at radius 3 is 2.62 bits per heavy atom. The molecule has 0 radical (unpaired) electrons. The fraction of sp³-hybridized carbons (Fsp3) is 0.188. The van der Waals surface area contributed by atoms with Crippen molar-refractivity contribution in [2.24, 2.45) is 0 Å². The summed E-state index contributed by atoms with van der Waals surface area (Å²) in [6.45, 7) is 1.69. The van der Waals surface area contributed by atoms with Gasteiger partial charge >= 0.3 is 0 Å². The van der Waals surface area contributed by atoms with Gasteiger partial charge in [-0.1, -0.05) is 6.07 Å². The number of rotatable bonds is 2. The molecule has 4 nitrogen and oxygen atoms in total. The van der Waals surface area contributed by atoms with Gasteiger partial charge in [-0.3, -0.25) is 4.79 Å². The Morgan fingerprint density at radius 1 is 1.10 bits per heavy atom. The van der Waals surface area contributed by atoms with E-state index in [0.29, 0.717) is 11.3 Å². The molecule has 2 aromatic rings. The third-order valence-electron chi connectivity index (χ3n) is 3.52. The molecule has 0 bridgehead atoms. The number of nitrogens with zero attached hydrogens (tertiary/aromatic N) is 1. The van der Waals surface area contributed by atoms with E-state index >= 15 is 0 Å². The summed E-state index contributed by atoms with van der Waals surface area (Å²) in [5, 5.41) is 6.51. The topological polar surface area (TPSA) is 44.4 Å². The number of hydrogen-bond donors (Lipinski definition) is 2. The van der Waals surface area contributed by atoms with Gasteiger partial charge in [-0.2, -0.15) is 0 Å². The van der Waals surface area contributed by atoms with E-state index in [9.17, 15) is 9.18 Å². The quantitative estimate of drug-likeness (QED) is 0.891. The summed E-state index contributed by atoms with van der Waals surface area (Å²) in [4.78, 5) is 13.9. The first-order valence-electron chi connectivity index (χ1n) is 6.80. The molecule has 0 aliphatic carbocycles. The van der Waals surface area contributed by atoms with Gasteiger partial charge in [0.05, 0.1) is 11.4 Å². The van der Waals surface area contributed by atoms with Crippen LogP contribution in [0.4, 0.5) is 21.5 Å². The highest BCUT2D eigenvalue weighted by Gasteiger charge is 2.16. The summed E-state index contributed by atoms with van der Waals surface area (Å²) in [7, 11) is 1.64. The molecule has 0 saturated carbocycles. The second-order valence-electron chi connectivity index (χ2n) is 4.96. The molecule has 1 aliphatic rings. The van der Waals surface area contributed by atoms with Crippen LogP contribution in [0.2, 0.25) is 0 Å². The van der Waals surface area contributed by atoms with Crippen molar-refractivity contribution < 1.29 is 9.18 Å². The van der Waals surface area contributed by atoms with E-state index in [-0.39, 0.29) is 11.7 Å². The van der Waals surface area contributed by atoms with Crippen LogP contribution in [0.1, 0.15) is 10.4 Å². The van der Waals surface area contributed by atoms with Gasteiger partial charge in [0, 0.05) is 31.4 Å². The standard InChI is InChI=1S/C16H16FN3O/c1-20(13-4-2-3-12(17)10-13)16(21)11-5-6-14-15(9-11)19-8-7-18-14/h2-6,9-10,18-19H,7-8H2,1H3. The van der Waals surface area contributed by atoms with Crippen molar-refractivity contribution in [1.29, 1.82) is 0 Å². The molecular formula is C16H16FN3O. The summed E-state index contributed by atoms with van der Waals surface area (Å²) < 4.78 is 13.3. The summed E-state index contributed by atoms with van der Waals surface area (Å²) in [5.41, 5.74) is 3.01. The SMILES string of the molecule is CN(C(=O)c1ccc2c(c1)NCCN2)c1cccc(F)c1. The molecular weight excluding hydrogens is 269 g/mol. The van der Waals surface area contributed by atoms with Crippen molar-refractivity contribution in [3.8, 4) is 0 Å².